The summed E-state index contributed by atoms with van der Waals surface area (Å²) in [6.07, 6.45) is 3.40. The van der Waals surface area contributed by atoms with Gasteiger partial charge in [0, 0.05) is 33.7 Å². The van der Waals surface area contributed by atoms with Crippen LogP contribution in [0, 0.1) is 0 Å². The molecule has 0 aliphatic carbocycles. The van der Waals surface area contributed by atoms with E-state index in [9.17, 15) is 14.4 Å². The molecule has 5 rings (SSSR count). The predicted molar refractivity (Wildman–Crippen MR) is 151 cm³/mol. The van der Waals surface area contributed by atoms with Gasteiger partial charge in [0.2, 0.25) is 0 Å². The van der Waals surface area contributed by atoms with Crippen molar-refractivity contribution in [2.45, 2.75) is 6.54 Å². The van der Waals surface area contributed by atoms with Gasteiger partial charge in [-0.15, -0.1) is 11.3 Å². The van der Waals surface area contributed by atoms with E-state index in [0.717, 1.165) is 26.7 Å². The molecular weight excluding hydrogens is 568 g/mol. The highest BCUT2D eigenvalue weighted by Crippen LogP contribution is 2.22. The first-order chi connectivity index (χ1) is 18.4. The molecule has 0 saturated heterocycles. The number of carbonyl (C=O) groups excluding carboxylic acids is 3. The van der Waals surface area contributed by atoms with E-state index in [1.165, 1.54) is 24.5 Å². The predicted octanol–water partition coefficient (Wildman–Crippen LogP) is 5.41. The van der Waals surface area contributed by atoms with Crippen LogP contribution in [0.15, 0.2) is 82.5 Å². The van der Waals surface area contributed by atoms with Crippen LogP contribution in [-0.2, 0) is 16.1 Å². The normalized spacial score (nSPS) is 11.5. The summed E-state index contributed by atoms with van der Waals surface area (Å²) in [4.78, 5) is 45.6. The number of nitrogens with one attached hydrogen (secondary N) is 3. The van der Waals surface area contributed by atoms with Gasteiger partial charge in [-0.3, -0.25) is 9.59 Å². The fraction of sp³-hybridized carbons (Fsp3) is 0.0714. The van der Waals surface area contributed by atoms with Crippen molar-refractivity contribution in [1.82, 2.24) is 20.6 Å². The topological polar surface area (TPSA) is 113 Å². The smallest absolute Gasteiger partial charge is 0.354 e. The minimum Gasteiger partial charge on any atom is -0.464 e. The summed E-state index contributed by atoms with van der Waals surface area (Å²) in [6.45, 7) is 0.356. The average Bonchev–Trinajstić information content (AvgIpc) is 3.60. The molecule has 0 aliphatic rings. The number of ether oxygens (including phenoxy) is 1. The van der Waals surface area contributed by atoms with Crippen molar-refractivity contribution in [3.63, 3.8) is 0 Å². The molecule has 0 spiro atoms. The van der Waals surface area contributed by atoms with Crippen molar-refractivity contribution in [3.8, 4) is 0 Å². The number of rotatable bonds is 7. The molecular formula is C28H21BrN4O4S. The van der Waals surface area contributed by atoms with Crippen LogP contribution in [0.3, 0.4) is 0 Å². The van der Waals surface area contributed by atoms with Gasteiger partial charge in [-0.05, 0) is 75.6 Å². The molecule has 5 aromatic rings. The van der Waals surface area contributed by atoms with Gasteiger partial charge in [0.15, 0.2) is 0 Å². The van der Waals surface area contributed by atoms with Gasteiger partial charge in [0.1, 0.15) is 5.70 Å². The Morgan fingerprint density at radius 1 is 1.08 bits per heavy atom. The van der Waals surface area contributed by atoms with Crippen LogP contribution < -0.4 is 10.6 Å². The quantitative estimate of drug-likeness (QED) is 0.174. The summed E-state index contributed by atoms with van der Waals surface area (Å²) >= 11 is 4.86. The number of hydrogen-bond acceptors (Lipinski definition) is 6. The highest BCUT2D eigenvalue weighted by atomic mass is 79.9. The van der Waals surface area contributed by atoms with E-state index in [0.29, 0.717) is 22.1 Å². The van der Waals surface area contributed by atoms with E-state index in [1.807, 2.05) is 42.6 Å². The number of benzene rings is 3. The Balaban J connectivity index is 1.30. The number of H-pyrrole nitrogens is 1. The lowest BCUT2D eigenvalue weighted by molar-refractivity contribution is -0.136. The first-order valence-electron chi connectivity index (χ1n) is 11.5. The second-order valence-corrected chi connectivity index (χ2v) is 10.1. The van der Waals surface area contributed by atoms with E-state index in [1.54, 1.807) is 29.8 Å². The zero-order valence-electron chi connectivity index (χ0n) is 20.1. The van der Waals surface area contributed by atoms with Gasteiger partial charge in [0.25, 0.3) is 11.8 Å². The van der Waals surface area contributed by atoms with Crippen LogP contribution in [0.1, 0.15) is 31.8 Å². The SMILES string of the molecule is COC(=O)/C(=C/c1ccc2ncsc2c1)NC(=O)c1ccc(C(=O)NCc2cccc3[nH]ccc23)cc1Br. The third-order valence-electron chi connectivity index (χ3n) is 5.92. The Morgan fingerprint density at radius 2 is 1.95 bits per heavy atom. The number of aromatic amines is 1. The van der Waals surface area contributed by atoms with Crippen LogP contribution in [0.5, 0.6) is 0 Å². The molecule has 2 heterocycles. The number of carbonyl (C=O) groups is 3. The number of fused-ring (bicyclic) bond motifs is 2. The molecule has 8 nitrogen and oxygen atoms in total. The van der Waals surface area contributed by atoms with E-state index < -0.39 is 11.9 Å². The van der Waals surface area contributed by atoms with E-state index in [4.69, 9.17) is 4.74 Å². The molecule has 3 aromatic carbocycles. The van der Waals surface area contributed by atoms with Crippen molar-refractivity contribution < 1.29 is 19.1 Å². The molecule has 0 unspecified atom stereocenters. The fourth-order valence-corrected chi connectivity index (χ4v) is 5.28. The Bertz CT molecular complexity index is 1720. The lowest BCUT2D eigenvalue weighted by atomic mass is 10.1. The molecule has 3 N–H and O–H groups in total. The first-order valence-corrected chi connectivity index (χ1v) is 13.2. The van der Waals surface area contributed by atoms with Crippen molar-refractivity contribution in [3.05, 3.63) is 105 Å². The number of aromatic nitrogens is 2. The Hall–Kier alpha value is -4.28. The largest absolute Gasteiger partial charge is 0.464 e. The standard InChI is InChI=1S/C28H21BrN4O4S/c1-37-28(36)24(11-16-5-8-23-25(12-16)38-15-32-23)33-27(35)20-7-6-17(13-21(20)29)26(34)31-14-18-3-2-4-22-19(18)9-10-30-22/h2-13,15,30H,14H2,1H3,(H,31,34)(H,33,35)/b24-11-. The van der Waals surface area contributed by atoms with E-state index in [2.05, 4.69) is 36.5 Å². The molecule has 0 atom stereocenters. The summed E-state index contributed by atoms with van der Waals surface area (Å²) in [7, 11) is 1.24. The van der Waals surface area contributed by atoms with Gasteiger partial charge in [-0.25, -0.2) is 9.78 Å². The van der Waals surface area contributed by atoms with Gasteiger partial charge in [0.05, 0.1) is 28.4 Å². The molecule has 0 bridgehead atoms. The Labute approximate surface area is 229 Å². The fourth-order valence-electron chi connectivity index (χ4n) is 4.00. The minimum absolute atomic E-state index is 0.0194. The van der Waals surface area contributed by atoms with Crippen LogP contribution in [0.2, 0.25) is 0 Å². The Kier molecular flexibility index (Phi) is 7.34. The van der Waals surface area contributed by atoms with Crippen molar-refractivity contribution in [1.29, 1.82) is 0 Å². The van der Waals surface area contributed by atoms with E-state index >= 15 is 0 Å². The summed E-state index contributed by atoms with van der Waals surface area (Å²) < 4.78 is 6.22. The number of halogens is 1. The van der Waals surface area contributed by atoms with Gasteiger partial charge < -0.3 is 20.4 Å². The number of esters is 1. The maximum Gasteiger partial charge on any atom is 0.354 e. The lowest BCUT2D eigenvalue weighted by Crippen LogP contribution is -2.28. The molecule has 38 heavy (non-hydrogen) atoms. The lowest BCUT2D eigenvalue weighted by Gasteiger charge is -2.11. The third kappa shape index (κ3) is 5.36. The van der Waals surface area contributed by atoms with Crippen LogP contribution in [0.25, 0.3) is 27.2 Å². The third-order valence-corrected chi connectivity index (χ3v) is 7.37. The van der Waals surface area contributed by atoms with Crippen molar-refractivity contribution in [2.75, 3.05) is 7.11 Å². The number of methoxy groups -OCH3 is 1. The molecule has 10 heteroatoms. The van der Waals surface area contributed by atoms with Crippen molar-refractivity contribution in [2.24, 2.45) is 0 Å². The van der Waals surface area contributed by atoms with Crippen LogP contribution >= 0.6 is 27.3 Å². The van der Waals surface area contributed by atoms with Gasteiger partial charge in [-0.2, -0.15) is 0 Å². The highest BCUT2D eigenvalue weighted by molar-refractivity contribution is 9.10. The monoisotopic (exact) mass is 588 g/mol. The second-order valence-electron chi connectivity index (χ2n) is 8.32. The number of hydrogen-bond donors (Lipinski definition) is 3. The molecule has 2 amide bonds. The average molecular weight is 589 g/mol. The van der Waals surface area contributed by atoms with Gasteiger partial charge >= 0.3 is 5.97 Å². The summed E-state index contributed by atoms with van der Waals surface area (Å²) in [6, 6.07) is 18.0. The molecule has 0 aliphatic heterocycles. The van der Waals surface area contributed by atoms with Crippen LogP contribution in [-0.4, -0.2) is 34.9 Å². The van der Waals surface area contributed by atoms with Crippen LogP contribution in [0.4, 0.5) is 0 Å². The first kappa shape index (κ1) is 25.4. The molecule has 0 fully saturated rings. The maximum absolute atomic E-state index is 13.0. The molecule has 0 radical (unpaired) electrons. The summed E-state index contributed by atoms with van der Waals surface area (Å²) in [5.41, 5.74) is 5.92. The summed E-state index contributed by atoms with van der Waals surface area (Å²) in [5.74, 6) is -1.50. The molecule has 190 valence electrons. The minimum atomic E-state index is -0.688. The zero-order valence-corrected chi connectivity index (χ0v) is 22.5. The maximum atomic E-state index is 13.0. The number of nitrogens with zero attached hydrogens (tertiary/aromatic N) is 1. The molecule has 2 aromatic heterocycles. The van der Waals surface area contributed by atoms with E-state index in [-0.39, 0.29) is 17.2 Å². The number of thiazole rings is 1. The molecule has 0 saturated carbocycles. The van der Waals surface area contributed by atoms with Gasteiger partial charge in [-0.1, -0.05) is 18.2 Å². The zero-order chi connectivity index (χ0) is 26.6. The highest BCUT2D eigenvalue weighted by Gasteiger charge is 2.18. The Morgan fingerprint density at radius 3 is 2.76 bits per heavy atom. The second kappa shape index (κ2) is 11.0. The number of amides is 2. The summed E-state index contributed by atoms with van der Waals surface area (Å²) in [5, 5.41) is 6.59. The van der Waals surface area contributed by atoms with Crippen molar-refractivity contribution >= 4 is 72.2 Å².